The summed E-state index contributed by atoms with van der Waals surface area (Å²) in [5.74, 6) is -0.505. The fourth-order valence-corrected chi connectivity index (χ4v) is 4.31. The van der Waals surface area contributed by atoms with Gasteiger partial charge in [0.1, 0.15) is 5.76 Å². The van der Waals surface area contributed by atoms with E-state index >= 15 is 0 Å². The molecule has 1 aliphatic rings. The molecule has 9 heteroatoms. The van der Waals surface area contributed by atoms with Crippen molar-refractivity contribution in [3.63, 3.8) is 0 Å². The fourth-order valence-electron chi connectivity index (χ4n) is 4.31. The highest BCUT2D eigenvalue weighted by molar-refractivity contribution is 6.46. The van der Waals surface area contributed by atoms with Gasteiger partial charge < -0.3 is 28.8 Å². The molecule has 1 fully saturated rings. The highest BCUT2D eigenvalue weighted by atomic mass is 16.5. The predicted octanol–water partition coefficient (Wildman–Crippen LogP) is 3.42. The summed E-state index contributed by atoms with van der Waals surface area (Å²) < 4.78 is 18.3. The third-order valence-electron chi connectivity index (χ3n) is 5.96. The van der Waals surface area contributed by atoms with E-state index in [0.29, 0.717) is 41.3 Å². The predicted molar refractivity (Wildman–Crippen MR) is 128 cm³/mol. The molecule has 1 aliphatic heterocycles. The molecule has 0 radical (unpaired) electrons. The van der Waals surface area contributed by atoms with Crippen LogP contribution < -0.4 is 14.2 Å². The number of carbonyl (C=O) groups excluding carboxylic acids is 2. The average molecular weight is 478 g/mol. The van der Waals surface area contributed by atoms with E-state index in [1.54, 1.807) is 48.9 Å². The number of likely N-dealkylation sites (tertiary alicyclic amines) is 1. The second kappa shape index (κ2) is 10.3. The summed E-state index contributed by atoms with van der Waals surface area (Å²) in [5, 5.41) is 11.2. The number of nitrogens with zero attached hydrogens (tertiary/aromatic N) is 3. The summed E-state index contributed by atoms with van der Waals surface area (Å²) in [6.45, 7) is 0.902. The smallest absolute Gasteiger partial charge is 0.295 e. The summed E-state index contributed by atoms with van der Waals surface area (Å²) in [5.41, 5.74) is 1.01. The quantitative estimate of drug-likeness (QED) is 0.286. The third kappa shape index (κ3) is 4.57. The molecule has 1 aromatic heterocycles. The molecule has 1 unspecified atom stereocenters. The van der Waals surface area contributed by atoms with E-state index in [2.05, 4.69) is 4.98 Å². The standard InChI is InChI=1S/C26H27N3O6/c1-33-19-14-18(15-20(34-2)25(19)35-3)22-21(23(30)17-8-5-4-6-9-17)24(31)26(32)29(22)12-7-11-28-13-10-27-16-28/h4-6,8-10,13-16,22,30H,7,11-12H2,1-3H3/b23-21-. The van der Waals surface area contributed by atoms with Crippen molar-refractivity contribution >= 4 is 17.4 Å². The molecule has 1 atom stereocenters. The van der Waals surface area contributed by atoms with Crippen LogP contribution in [0.3, 0.4) is 0 Å². The lowest BCUT2D eigenvalue weighted by molar-refractivity contribution is -0.139. The summed E-state index contributed by atoms with van der Waals surface area (Å²) in [4.78, 5) is 31.9. The van der Waals surface area contributed by atoms with E-state index in [4.69, 9.17) is 14.2 Å². The number of hydrogen-bond donors (Lipinski definition) is 1. The number of aliphatic hydroxyl groups is 1. The lowest BCUT2D eigenvalue weighted by atomic mass is 9.94. The van der Waals surface area contributed by atoms with Gasteiger partial charge in [-0.25, -0.2) is 4.98 Å². The number of aliphatic hydroxyl groups excluding tert-OH is 1. The number of ether oxygens (including phenoxy) is 3. The van der Waals surface area contributed by atoms with Gasteiger partial charge in [0.15, 0.2) is 11.5 Å². The Morgan fingerprint density at radius 2 is 1.69 bits per heavy atom. The van der Waals surface area contributed by atoms with Crippen molar-refractivity contribution in [2.45, 2.75) is 19.0 Å². The lowest BCUT2D eigenvalue weighted by Crippen LogP contribution is -2.31. The van der Waals surface area contributed by atoms with Gasteiger partial charge in [-0.05, 0) is 24.1 Å². The molecule has 0 spiro atoms. The maximum atomic E-state index is 13.2. The normalized spacial score (nSPS) is 17.0. The van der Waals surface area contributed by atoms with E-state index in [1.807, 2.05) is 16.8 Å². The SMILES string of the molecule is COc1cc(C2/C(=C(/O)c3ccccc3)C(=O)C(=O)N2CCCn2ccnc2)cc(OC)c1OC. The maximum Gasteiger partial charge on any atom is 0.295 e. The van der Waals surface area contributed by atoms with Crippen LogP contribution in [0, 0.1) is 0 Å². The Kier molecular flexibility index (Phi) is 7.05. The molecule has 9 nitrogen and oxygen atoms in total. The van der Waals surface area contributed by atoms with Gasteiger partial charge in [-0.1, -0.05) is 30.3 Å². The lowest BCUT2D eigenvalue weighted by Gasteiger charge is -2.26. The number of benzene rings is 2. The summed E-state index contributed by atoms with van der Waals surface area (Å²) in [6, 6.07) is 11.2. The molecule has 2 heterocycles. The molecule has 2 aromatic carbocycles. The Morgan fingerprint density at radius 3 is 2.26 bits per heavy atom. The van der Waals surface area contributed by atoms with Crippen molar-refractivity contribution in [2.75, 3.05) is 27.9 Å². The minimum Gasteiger partial charge on any atom is -0.507 e. The second-order valence-corrected chi connectivity index (χ2v) is 7.97. The molecule has 182 valence electrons. The number of ketones is 1. The number of carbonyl (C=O) groups is 2. The van der Waals surface area contributed by atoms with Crippen LogP contribution in [0.4, 0.5) is 0 Å². The summed E-state index contributed by atoms with van der Waals surface area (Å²) >= 11 is 0. The van der Waals surface area contributed by atoms with Crippen LogP contribution in [0.5, 0.6) is 17.2 Å². The number of amides is 1. The average Bonchev–Trinajstić information content (AvgIpc) is 3.50. The van der Waals surface area contributed by atoms with Crippen molar-refractivity contribution < 1.29 is 28.9 Å². The first-order chi connectivity index (χ1) is 17.0. The number of aryl methyl sites for hydroxylation is 1. The van der Waals surface area contributed by atoms with E-state index < -0.39 is 17.7 Å². The van der Waals surface area contributed by atoms with Gasteiger partial charge in [0.2, 0.25) is 5.75 Å². The van der Waals surface area contributed by atoms with E-state index in [0.717, 1.165) is 0 Å². The van der Waals surface area contributed by atoms with Crippen LogP contribution in [0.15, 0.2) is 66.8 Å². The minimum absolute atomic E-state index is 0.0121. The zero-order valence-corrected chi connectivity index (χ0v) is 19.8. The van der Waals surface area contributed by atoms with Crippen molar-refractivity contribution in [3.8, 4) is 17.2 Å². The van der Waals surface area contributed by atoms with Crippen molar-refractivity contribution in [2.24, 2.45) is 0 Å². The Balaban J connectivity index is 1.82. The van der Waals surface area contributed by atoms with E-state index in [-0.39, 0.29) is 17.9 Å². The first kappa shape index (κ1) is 23.9. The highest BCUT2D eigenvalue weighted by Gasteiger charge is 2.46. The van der Waals surface area contributed by atoms with Gasteiger partial charge in [-0.3, -0.25) is 9.59 Å². The number of hydrogen-bond acceptors (Lipinski definition) is 7. The molecule has 1 saturated heterocycles. The van der Waals surface area contributed by atoms with Crippen LogP contribution in [-0.4, -0.2) is 59.1 Å². The Bertz CT molecular complexity index is 1210. The van der Waals surface area contributed by atoms with Gasteiger partial charge >= 0.3 is 0 Å². The van der Waals surface area contributed by atoms with Gasteiger partial charge in [0, 0.05) is 31.0 Å². The van der Waals surface area contributed by atoms with Crippen LogP contribution in [-0.2, 0) is 16.1 Å². The Hall–Kier alpha value is -4.27. The first-order valence-corrected chi connectivity index (χ1v) is 11.1. The van der Waals surface area contributed by atoms with E-state index in [9.17, 15) is 14.7 Å². The Labute approximate surface area is 203 Å². The number of aromatic nitrogens is 2. The van der Waals surface area contributed by atoms with Crippen LogP contribution in [0.1, 0.15) is 23.6 Å². The molecule has 1 N–H and O–H groups in total. The fraction of sp³-hybridized carbons (Fsp3) is 0.269. The van der Waals surface area contributed by atoms with Gasteiger partial charge in [-0.15, -0.1) is 0 Å². The third-order valence-corrected chi connectivity index (χ3v) is 5.96. The highest BCUT2D eigenvalue weighted by Crippen LogP contribution is 2.45. The largest absolute Gasteiger partial charge is 0.507 e. The molecule has 0 saturated carbocycles. The molecule has 4 rings (SSSR count). The summed E-state index contributed by atoms with van der Waals surface area (Å²) in [6.07, 6.45) is 5.79. The molecular weight excluding hydrogens is 450 g/mol. The first-order valence-electron chi connectivity index (χ1n) is 11.1. The zero-order chi connectivity index (χ0) is 24.9. The van der Waals surface area contributed by atoms with Crippen LogP contribution in [0.2, 0.25) is 0 Å². The zero-order valence-electron chi connectivity index (χ0n) is 19.8. The number of Topliss-reactive ketones (excluding diaryl/α,β-unsaturated/α-hetero) is 1. The topological polar surface area (TPSA) is 103 Å². The molecule has 0 bridgehead atoms. The van der Waals surface area contributed by atoms with Gasteiger partial charge in [-0.2, -0.15) is 0 Å². The molecule has 35 heavy (non-hydrogen) atoms. The van der Waals surface area contributed by atoms with Crippen LogP contribution in [0.25, 0.3) is 5.76 Å². The Morgan fingerprint density at radius 1 is 1.00 bits per heavy atom. The number of rotatable bonds is 9. The molecule has 1 amide bonds. The number of imidazole rings is 1. The molecule has 3 aromatic rings. The minimum atomic E-state index is -0.841. The van der Waals surface area contributed by atoms with Crippen LogP contribution >= 0.6 is 0 Å². The van der Waals surface area contributed by atoms with Crippen molar-refractivity contribution in [3.05, 3.63) is 77.9 Å². The van der Waals surface area contributed by atoms with Crippen molar-refractivity contribution in [1.29, 1.82) is 0 Å². The number of methoxy groups -OCH3 is 3. The second-order valence-electron chi connectivity index (χ2n) is 7.97. The van der Waals surface area contributed by atoms with Gasteiger partial charge in [0.25, 0.3) is 11.7 Å². The van der Waals surface area contributed by atoms with Gasteiger partial charge in [0.05, 0.1) is 39.3 Å². The molecule has 0 aliphatic carbocycles. The monoisotopic (exact) mass is 477 g/mol. The maximum absolute atomic E-state index is 13.2. The summed E-state index contributed by atoms with van der Waals surface area (Å²) in [7, 11) is 4.48. The van der Waals surface area contributed by atoms with E-state index in [1.165, 1.54) is 26.2 Å². The van der Waals surface area contributed by atoms with Crippen molar-refractivity contribution in [1.82, 2.24) is 14.5 Å². The molecular formula is C26H27N3O6.